The Morgan fingerprint density at radius 1 is 1.12 bits per heavy atom. The molecule has 3 N–H and O–H groups in total. The molecule has 0 spiro atoms. The van der Waals surface area contributed by atoms with Crippen LogP contribution in [0.15, 0.2) is 41.2 Å². The van der Waals surface area contributed by atoms with Gasteiger partial charge in [0.05, 0.1) is 19.2 Å². The number of hydrogen-bond acceptors (Lipinski definition) is 7. The van der Waals surface area contributed by atoms with E-state index in [1.165, 1.54) is 7.11 Å². The highest BCUT2D eigenvalue weighted by atomic mass is 16.7. The van der Waals surface area contributed by atoms with E-state index in [0.717, 1.165) is 18.4 Å². The van der Waals surface area contributed by atoms with Crippen LogP contribution in [0, 0.1) is 0 Å². The van der Waals surface area contributed by atoms with Gasteiger partial charge in [-0.25, -0.2) is 0 Å². The third-order valence-corrected chi connectivity index (χ3v) is 5.34. The lowest BCUT2D eigenvalue weighted by Crippen LogP contribution is -2.29. The number of carbonyl (C=O) groups excluding carboxylic acids is 1. The van der Waals surface area contributed by atoms with E-state index in [0.29, 0.717) is 46.9 Å². The molecule has 2 heterocycles. The molecule has 0 fully saturated rings. The van der Waals surface area contributed by atoms with Crippen LogP contribution < -0.4 is 29.8 Å². The summed E-state index contributed by atoms with van der Waals surface area (Å²) < 4.78 is 21.9. The van der Waals surface area contributed by atoms with Gasteiger partial charge in [-0.3, -0.25) is 9.59 Å². The van der Waals surface area contributed by atoms with E-state index >= 15 is 0 Å². The van der Waals surface area contributed by atoms with Crippen LogP contribution in [0.5, 0.6) is 23.0 Å². The Balaban J connectivity index is 1.51. The van der Waals surface area contributed by atoms with Crippen molar-refractivity contribution in [3.63, 3.8) is 0 Å². The number of H-pyrrole nitrogens is 1. The van der Waals surface area contributed by atoms with Crippen molar-refractivity contribution in [1.29, 1.82) is 0 Å². The van der Waals surface area contributed by atoms with Gasteiger partial charge in [-0.1, -0.05) is 6.07 Å². The number of unbranched alkanes of at least 4 members (excludes halogenated alkanes) is 2. The van der Waals surface area contributed by atoms with Crippen LogP contribution in [-0.2, 0) is 6.54 Å². The Hall–Kier alpha value is -3.72. The molecule has 9 heteroatoms. The molecule has 0 aliphatic carbocycles. The number of aromatic amines is 1. The standard InChI is InChI=1S/C24H26N2O7/c1-30-19-8-6-16-12-17(24(29)26-21(16)22(19)31-10-4-2-3-9-27)23(28)25-13-15-5-7-18-20(11-15)33-14-32-18/h5-8,11-12,27H,2-4,9-10,13-14H2,1H3,(H,25,28)(H,26,29). The number of aliphatic hydroxyl groups excluding tert-OH is 1. The Morgan fingerprint density at radius 3 is 2.79 bits per heavy atom. The lowest BCUT2D eigenvalue weighted by Gasteiger charge is -2.14. The molecule has 33 heavy (non-hydrogen) atoms. The normalized spacial score (nSPS) is 12.1. The molecule has 4 rings (SSSR count). The Kier molecular flexibility index (Phi) is 6.99. The fourth-order valence-corrected chi connectivity index (χ4v) is 3.60. The molecule has 0 unspecified atom stereocenters. The number of aromatic nitrogens is 1. The molecule has 3 aromatic rings. The molecule has 174 valence electrons. The van der Waals surface area contributed by atoms with Crippen LogP contribution in [0.3, 0.4) is 0 Å². The lowest BCUT2D eigenvalue weighted by atomic mass is 10.1. The van der Waals surface area contributed by atoms with E-state index in [-0.39, 0.29) is 25.5 Å². The number of aliphatic hydroxyl groups is 1. The summed E-state index contributed by atoms with van der Waals surface area (Å²) in [6, 6.07) is 10.4. The first-order chi connectivity index (χ1) is 16.1. The Labute approximate surface area is 190 Å². The van der Waals surface area contributed by atoms with Gasteiger partial charge in [0.15, 0.2) is 23.0 Å². The van der Waals surface area contributed by atoms with Crippen molar-refractivity contribution in [3.05, 3.63) is 57.9 Å². The molecule has 1 aromatic heterocycles. The number of carbonyl (C=O) groups is 1. The number of amides is 1. The second kappa shape index (κ2) is 10.3. The van der Waals surface area contributed by atoms with Crippen LogP contribution in [0.1, 0.15) is 35.2 Å². The van der Waals surface area contributed by atoms with Crippen LogP contribution >= 0.6 is 0 Å². The first kappa shape index (κ1) is 22.5. The predicted octanol–water partition coefficient (Wildman–Crippen LogP) is 2.74. The predicted molar refractivity (Wildman–Crippen MR) is 121 cm³/mol. The molecule has 1 aliphatic rings. The van der Waals surface area contributed by atoms with Gasteiger partial charge in [0.1, 0.15) is 5.56 Å². The average Bonchev–Trinajstić information content (AvgIpc) is 3.30. The minimum absolute atomic E-state index is 0.00214. The molecule has 0 radical (unpaired) electrons. The van der Waals surface area contributed by atoms with E-state index in [9.17, 15) is 9.59 Å². The van der Waals surface area contributed by atoms with Crippen molar-refractivity contribution in [3.8, 4) is 23.0 Å². The van der Waals surface area contributed by atoms with Gasteiger partial charge in [0.2, 0.25) is 6.79 Å². The van der Waals surface area contributed by atoms with Crippen LogP contribution in [0.4, 0.5) is 0 Å². The summed E-state index contributed by atoms with van der Waals surface area (Å²) in [6.07, 6.45) is 2.29. The molecular formula is C24H26N2O7. The third-order valence-electron chi connectivity index (χ3n) is 5.34. The highest BCUT2D eigenvalue weighted by Crippen LogP contribution is 2.34. The van der Waals surface area contributed by atoms with Gasteiger partial charge in [-0.2, -0.15) is 0 Å². The Bertz CT molecular complexity index is 1210. The molecule has 2 aromatic carbocycles. The van der Waals surface area contributed by atoms with Crippen molar-refractivity contribution < 1.29 is 28.8 Å². The zero-order valence-corrected chi connectivity index (χ0v) is 18.3. The number of nitrogens with one attached hydrogen (secondary N) is 2. The van der Waals surface area contributed by atoms with Crippen molar-refractivity contribution in [2.75, 3.05) is 27.1 Å². The quantitative estimate of drug-likeness (QED) is 0.403. The maximum Gasteiger partial charge on any atom is 0.261 e. The molecular weight excluding hydrogens is 428 g/mol. The summed E-state index contributed by atoms with van der Waals surface area (Å²) >= 11 is 0. The Morgan fingerprint density at radius 2 is 1.97 bits per heavy atom. The topological polar surface area (TPSA) is 119 Å². The first-order valence-corrected chi connectivity index (χ1v) is 10.7. The number of pyridine rings is 1. The number of fused-ring (bicyclic) bond motifs is 2. The van der Waals surface area contributed by atoms with Gasteiger partial charge in [-0.15, -0.1) is 0 Å². The monoisotopic (exact) mass is 454 g/mol. The highest BCUT2D eigenvalue weighted by molar-refractivity contribution is 5.98. The summed E-state index contributed by atoms with van der Waals surface area (Å²) in [5, 5.41) is 12.3. The van der Waals surface area contributed by atoms with Crippen molar-refractivity contribution in [1.82, 2.24) is 10.3 Å². The van der Waals surface area contributed by atoms with Crippen molar-refractivity contribution >= 4 is 16.8 Å². The number of ether oxygens (including phenoxy) is 4. The molecule has 1 aliphatic heterocycles. The largest absolute Gasteiger partial charge is 0.493 e. The van der Waals surface area contributed by atoms with E-state index < -0.39 is 11.5 Å². The zero-order chi connectivity index (χ0) is 23.2. The second-order valence-corrected chi connectivity index (χ2v) is 7.58. The minimum Gasteiger partial charge on any atom is -0.493 e. The van der Waals surface area contributed by atoms with Gasteiger partial charge in [0.25, 0.3) is 11.5 Å². The van der Waals surface area contributed by atoms with Crippen LogP contribution in [0.25, 0.3) is 10.9 Å². The fraction of sp³-hybridized carbons (Fsp3) is 0.333. The molecule has 0 saturated heterocycles. The van der Waals surface area contributed by atoms with Crippen LogP contribution in [0.2, 0.25) is 0 Å². The zero-order valence-electron chi connectivity index (χ0n) is 18.3. The summed E-state index contributed by atoms with van der Waals surface area (Å²) in [4.78, 5) is 28.2. The van der Waals surface area contributed by atoms with Crippen molar-refractivity contribution in [2.45, 2.75) is 25.8 Å². The maximum absolute atomic E-state index is 12.7. The van der Waals surface area contributed by atoms with E-state index in [1.807, 2.05) is 6.07 Å². The van der Waals surface area contributed by atoms with E-state index in [2.05, 4.69) is 10.3 Å². The molecule has 1 amide bonds. The summed E-state index contributed by atoms with van der Waals surface area (Å²) in [6.45, 7) is 0.966. The van der Waals surface area contributed by atoms with Gasteiger partial charge in [0, 0.05) is 18.5 Å². The molecule has 0 saturated carbocycles. The molecule has 0 atom stereocenters. The van der Waals surface area contributed by atoms with Gasteiger partial charge < -0.3 is 34.4 Å². The van der Waals surface area contributed by atoms with E-state index in [1.54, 1.807) is 30.3 Å². The highest BCUT2D eigenvalue weighted by Gasteiger charge is 2.17. The second-order valence-electron chi connectivity index (χ2n) is 7.58. The van der Waals surface area contributed by atoms with E-state index in [4.69, 9.17) is 24.1 Å². The summed E-state index contributed by atoms with van der Waals surface area (Å²) in [5.74, 6) is 1.71. The third kappa shape index (κ3) is 5.04. The van der Waals surface area contributed by atoms with Gasteiger partial charge in [-0.05, 0) is 55.2 Å². The average molecular weight is 454 g/mol. The lowest BCUT2D eigenvalue weighted by molar-refractivity contribution is 0.0949. The maximum atomic E-state index is 12.7. The van der Waals surface area contributed by atoms with Crippen LogP contribution in [-0.4, -0.2) is 43.1 Å². The summed E-state index contributed by atoms with van der Waals surface area (Å²) in [5.41, 5.74) is 0.770. The number of hydrogen-bond donors (Lipinski definition) is 3. The first-order valence-electron chi connectivity index (χ1n) is 10.7. The minimum atomic E-state index is -0.524. The SMILES string of the molecule is COc1ccc2cc(C(=O)NCc3ccc4c(c3)OCO4)c(=O)[nH]c2c1OCCCCCO. The molecule has 9 nitrogen and oxygen atoms in total. The fourth-order valence-electron chi connectivity index (χ4n) is 3.60. The number of benzene rings is 2. The molecule has 0 bridgehead atoms. The van der Waals surface area contributed by atoms with Crippen molar-refractivity contribution in [2.24, 2.45) is 0 Å². The summed E-state index contributed by atoms with van der Waals surface area (Å²) in [7, 11) is 1.52. The number of rotatable bonds is 10. The van der Waals surface area contributed by atoms with Gasteiger partial charge >= 0.3 is 0 Å². The number of methoxy groups -OCH3 is 1. The smallest absolute Gasteiger partial charge is 0.261 e.